The Bertz CT molecular complexity index is 474. The molecule has 3 rings (SSSR count). The summed E-state index contributed by atoms with van der Waals surface area (Å²) >= 11 is 0. The van der Waals surface area contributed by atoms with Crippen molar-refractivity contribution in [3.8, 4) is 0 Å². The highest BCUT2D eigenvalue weighted by molar-refractivity contribution is 5.14. The molecule has 2 fully saturated rings. The Hall–Kier alpha value is -0.910. The van der Waals surface area contributed by atoms with E-state index in [1.807, 2.05) is 17.8 Å². The highest BCUT2D eigenvalue weighted by Gasteiger charge is 2.41. The zero-order chi connectivity index (χ0) is 14.9. The van der Waals surface area contributed by atoms with Crippen LogP contribution in [0.2, 0.25) is 0 Å². The molecule has 1 aromatic heterocycles. The minimum absolute atomic E-state index is 0.0751. The van der Waals surface area contributed by atoms with Crippen molar-refractivity contribution in [2.75, 3.05) is 19.8 Å². The van der Waals surface area contributed by atoms with Crippen molar-refractivity contribution in [1.82, 2.24) is 9.78 Å². The van der Waals surface area contributed by atoms with E-state index in [1.165, 1.54) is 0 Å². The first-order valence-corrected chi connectivity index (χ1v) is 8.06. The van der Waals surface area contributed by atoms with E-state index >= 15 is 0 Å². The predicted octanol–water partition coefficient (Wildman–Crippen LogP) is 1.99. The van der Waals surface area contributed by atoms with Gasteiger partial charge >= 0.3 is 0 Å². The fourth-order valence-electron chi connectivity index (χ4n) is 3.66. The Labute approximate surface area is 126 Å². The van der Waals surface area contributed by atoms with E-state index in [1.54, 1.807) is 0 Å². The normalized spacial score (nSPS) is 26.9. The van der Waals surface area contributed by atoms with Gasteiger partial charge in [0.15, 0.2) is 0 Å². The number of aliphatic hydroxyl groups is 1. The number of aromatic nitrogens is 2. The lowest BCUT2D eigenvalue weighted by atomic mass is 9.78. The molecule has 3 heterocycles. The molecule has 2 aliphatic rings. The van der Waals surface area contributed by atoms with Crippen molar-refractivity contribution in [2.45, 2.75) is 50.7 Å². The van der Waals surface area contributed by atoms with Crippen molar-refractivity contribution in [1.29, 1.82) is 0 Å². The highest BCUT2D eigenvalue weighted by Crippen LogP contribution is 2.41. The van der Waals surface area contributed by atoms with Gasteiger partial charge in [0.25, 0.3) is 0 Å². The van der Waals surface area contributed by atoms with Crippen LogP contribution in [0.4, 0.5) is 0 Å². The maximum Gasteiger partial charge on any atom is 0.0986 e. The second-order valence-corrected chi connectivity index (χ2v) is 6.38. The summed E-state index contributed by atoms with van der Waals surface area (Å²) in [6.07, 6.45) is 4.17. The molecule has 2 aliphatic heterocycles. The molecule has 1 aromatic rings. The third-order valence-electron chi connectivity index (χ3n) is 5.01. The van der Waals surface area contributed by atoms with Crippen LogP contribution < -0.4 is 0 Å². The molecule has 0 amide bonds. The average molecular weight is 294 g/mol. The molecular weight excluding hydrogens is 268 g/mol. The monoisotopic (exact) mass is 294 g/mol. The Morgan fingerprint density at radius 1 is 1.43 bits per heavy atom. The number of hydrogen-bond donors (Lipinski definition) is 1. The molecule has 0 radical (unpaired) electrons. The van der Waals surface area contributed by atoms with Crippen LogP contribution in [0.3, 0.4) is 0 Å². The summed E-state index contributed by atoms with van der Waals surface area (Å²) in [7, 11) is 1.92. The van der Waals surface area contributed by atoms with Gasteiger partial charge in [-0.25, -0.2) is 0 Å². The van der Waals surface area contributed by atoms with Gasteiger partial charge in [-0.1, -0.05) is 6.92 Å². The summed E-state index contributed by atoms with van der Waals surface area (Å²) in [5.74, 6) is 0.247. The number of ether oxygens (including phenoxy) is 2. The fourth-order valence-corrected chi connectivity index (χ4v) is 3.66. The second-order valence-electron chi connectivity index (χ2n) is 6.38. The first-order valence-electron chi connectivity index (χ1n) is 8.06. The molecule has 2 unspecified atom stereocenters. The third kappa shape index (κ3) is 3.00. The second kappa shape index (κ2) is 6.07. The molecule has 0 bridgehead atoms. The molecule has 0 aromatic carbocycles. The van der Waals surface area contributed by atoms with Gasteiger partial charge in [-0.15, -0.1) is 0 Å². The van der Waals surface area contributed by atoms with Gasteiger partial charge in [0, 0.05) is 26.9 Å². The van der Waals surface area contributed by atoms with Crippen LogP contribution in [0.1, 0.15) is 50.1 Å². The molecular formula is C16H26N2O3. The lowest BCUT2D eigenvalue weighted by Crippen LogP contribution is -2.45. The summed E-state index contributed by atoms with van der Waals surface area (Å²) in [5.41, 5.74) is 1.90. The van der Waals surface area contributed by atoms with Gasteiger partial charge in [0.2, 0.25) is 0 Å². The smallest absolute Gasteiger partial charge is 0.0986 e. The van der Waals surface area contributed by atoms with E-state index < -0.39 is 6.10 Å². The van der Waals surface area contributed by atoms with E-state index in [9.17, 15) is 5.11 Å². The van der Waals surface area contributed by atoms with Crippen molar-refractivity contribution >= 4 is 0 Å². The van der Waals surface area contributed by atoms with Crippen LogP contribution in [0.25, 0.3) is 0 Å². The molecule has 118 valence electrons. The van der Waals surface area contributed by atoms with Crippen LogP contribution in [-0.2, 0) is 22.9 Å². The Morgan fingerprint density at radius 3 is 2.86 bits per heavy atom. The SMILES string of the molecule is CCc1cc(C(O)C2CCOC3(CCOCC3)C2)n(C)n1. The van der Waals surface area contributed by atoms with Gasteiger partial charge in [0.1, 0.15) is 0 Å². The molecule has 1 N–H and O–H groups in total. The standard InChI is InChI=1S/C16H26N2O3/c1-3-13-10-14(18(2)17-13)15(19)12-4-7-21-16(11-12)5-8-20-9-6-16/h10,12,15,19H,3-9,11H2,1-2H3. The van der Waals surface area contributed by atoms with Gasteiger partial charge in [-0.05, 0) is 44.1 Å². The van der Waals surface area contributed by atoms with Gasteiger partial charge < -0.3 is 14.6 Å². The summed E-state index contributed by atoms with van der Waals surface area (Å²) < 4.78 is 13.4. The number of rotatable bonds is 3. The molecule has 1 spiro atoms. The lowest BCUT2D eigenvalue weighted by Gasteiger charge is -2.44. The number of nitrogens with zero attached hydrogens (tertiary/aromatic N) is 2. The molecule has 5 nitrogen and oxygen atoms in total. The minimum Gasteiger partial charge on any atom is -0.387 e. The molecule has 5 heteroatoms. The summed E-state index contributed by atoms with van der Waals surface area (Å²) in [4.78, 5) is 0. The van der Waals surface area contributed by atoms with Crippen LogP contribution in [0.15, 0.2) is 6.07 Å². The van der Waals surface area contributed by atoms with Crippen molar-refractivity contribution in [3.05, 3.63) is 17.5 Å². The van der Waals surface area contributed by atoms with E-state index in [0.29, 0.717) is 0 Å². The maximum atomic E-state index is 10.8. The number of aliphatic hydroxyl groups excluding tert-OH is 1. The van der Waals surface area contributed by atoms with Crippen LogP contribution >= 0.6 is 0 Å². The van der Waals surface area contributed by atoms with Gasteiger partial charge in [-0.3, -0.25) is 4.68 Å². The van der Waals surface area contributed by atoms with Crippen molar-refractivity contribution in [3.63, 3.8) is 0 Å². The Kier molecular flexibility index (Phi) is 4.33. The average Bonchev–Trinajstić information content (AvgIpc) is 2.88. The fraction of sp³-hybridized carbons (Fsp3) is 0.812. The number of aryl methyl sites for hydroxylation is 2. The van der Waals surface area contributed by atoms with Crippen LogP contribution in [0.5, 0.6) is 0 Å². The zero-order valence-corrected chi connectivity index (χ0v) is 13.0. The van der Waals surface area contributed by atoms with Gasteiger partial charge in [0.05, 0.1) is 23.1 Å². The first-order chi connectivity index (χ1) is 10.1. The number of hydrogen-bond acceptors (Lipinski definition) is 4. The first kappa shape index (κ1) is 15.0. The molecule has 0 saturated carbocycles. The molecule has 2 saturated heterocycles. The molecule has 0 aliphatic carbocycles. The quantitative estimate of drug-likeness (QED) is 0.926. The van der Waals surface area contributed by atoms with E-state index in [4.69, 9.17) is 9.47 Å². The summed E-state index contributed by atoms with van der Waals surface area (Å²) in [6, 6.07) is 2.04. The van der Waals surface area contributed by atoms with Gasteiger partial charge in [-0.2, -0.15) is 5.10 Å². The summed E-state index contributed by atoms with van der Waals surface area (Å²) in [6.45, 7) is 4.37. The predicted molar refractivity (Wildman–Crippen MR) is 79.0 cm³/mol. The molecule has 2 atom stereocenters. The highest BCUT2D eigenvalue weighted by atomic mass is 16.5. The largest absolute Gasteiger partial charge is 0.387 e. The lowest BCUT2D eigenvalue weighted by molar-refractivity contribution is -0.159. The zero-order valence-electron chi connectivity index (χ0n) is 13.0. The minimum atomic E-state index is -0.452. The van der Waals surface area contributed by atoms with E-state index in [-0.39, 0.29) is 11.5 Å². The van der Waals surface area contributed by atoms with E-state index in [2.05, 4.69) is 12.0 Å². The maximum absolute atomic E-state index is 10.8. The van der Waals surface area contributed by atoms with Crippen LogP contribution in [-0.4, -0.2) is 40.3 Å². The Morgan fingerprint density at radius 2 is 2.19 bits per heavy atom. The van der Waals surface area contributed by atoms with Crippen molar-refractivity contribution < 1.29 is 14.6 Å². The topological polar surface area (TPSA) is 56.5 Å². The van der Waals surface area contributed by atoms with E-state index in [0.717, 1.165) is 63.3 Å². The third-order valence-corrected chi connectivity index (χ3v) is 5.01. The molecule has 21 heavy (non-hydrogen) atoms. The van der Waals surface area contributed by atoms with Crippen molar-refractivity contribution in [2.24, 2.45) is 13.0 Å². The van der Waals surface area contributed by atoms with Crippen LogP contribution in [0, 0.1) is 5.92 Å². The summed E-state index contributed by atoms with van der Waals surface area (Å²) in [5, 5.41) is 15.3. The Balaban J connectivity index is 1.74.